The van der Waals surface area contributed by atoms with Gasteiger partial charge in [0, 0.05) is 24.3 Å². The van der Waals surface area contributed by atoms with Gasteiger partial charge in [-0.2, -0.15) is 0 Å². The SMILES string of the molecule is CC(C)(C)OC(=O)Cc1cc(F)ccc1NC(=O)c1ccc(N2CCCC2)c(N)c1. The molecule has 7 heteroatoms. The van der Waals surface area contributed by atoms with E-state index in [-0.39, 0.29) is 12.3 Å². The van der Waals surface area contributed by atoms with Gasteiger partial charge in [-0.15, -0.1) is 0 Å². The lowest BCUT2D eigenvalue weighted by atomic mass is 10.1. The lowest BCUT2D eigenvalue weighted by molar-refractivity contribution is -0.153. The molecular formula is C23H28FN3O3. The Kier molecular flexibility index (Phi) is 6.29. The van der Waals surface area contributed by atoms with Gasteiger partial charge < -0.3 is 20.7 Å². The van der Waals surface area contributed by atoms with Crippen LogP contribution in [-0.2, 0) is 16.0 Å². The Morgan fingerprint density at radius 2 is 1.83 bits per heavy atom. The summed E-state index contributed by atoms with van der Waals surface area (Å²) in [7, 11) is 0. The number of hydrogen-bond donors (Lipinski definition) is 2. The van der Waals surface area contributed by atoms with Gasteiger partial charge in [-0.1, -0.05) is 0 Å². The van der Waals surface area contributed by atoms with Crippen LogP contribution in [0.4, 0.5) is 21.5 Å². The highest BCUT2D eigenvalue weighted by molar-refractivity contribution is 6.06. The maximum atomic E-state index is 13.8. The molecule has 2 aromatic rings. The van der Waals surface area contributed by atoms with E-state index in [0.29, 0.717) is 22.5 Å². The fraction of sp³-hybridized carbons (Fsp3) is 0.391. The first-order valence-corrected chi connectivity index (χ1v) is 10.1. The molecule has 6 nitrogen and oxygen atoms in total. The van der Waals surface area contributed by atoms with E-state index in [9.17, 15) is 14.0 Å². The summed E-state index contributed by atoms with van der Waals surface area (Å²) in [6, 6.07) is 9.11. The summed E-state index contributed by atoms with van der Waals surface area (Å²) in [6.45, 7) is 7.19. The average molecular weight is 413 g/mol. The van der Waals surface area contributed by atoms with Crippen molar-refractivity contribution >= 4 is 28.9 Å². The van der Waals surface area contributed by atoms with Crippen LogP contribution >= 0.6 is 0 Å². The van der Waals surface area contributed by atoms with Crippen LogP contribution in [0.2, 0.25) is 0 Å². The Hall–Kier alpha value is -3.09. The Balaban J connectivity index is 1.76. The molecule has 0 saturated carbocycles. The lowest BCUT2D eigenvalue weighted by Crippen LogP contribution is -2.25. The van der Waals surface area contributed by atoms with Crippen molar-refractivity contribution in [2.24, 2.45) is 0 Å². The number of benzene rings is 2. The second-order valence-electron chi connectivity index (χ2n) is 8.49. The molecule has 160 valence electrons. The molecule has 0 bridgehead atoms. The highest BCUT2D eigenvalue weighted by Crippen LogP contribution is 2.28. The van der Waals surface area contributed by atoms with E-state index < -0.39 is 17.4 Å². The third kappa shape index (κ3) is 5.49. The van der Waals surface area contributed by atoms with Crippen LogP contribution in [0.5, 0.6) is 0 Å². The normalized spacial score (nSPS) is 13.9. The van der Waals surface area contributed by atoms with Crippen LogP contribution < -0.4 is 16.0 Å². The van der Waals surface area contributed by atoms with Crippen LogP contribution in [0, 0.1) is 5.82 Å². The Morgan fingerprint density at radius 3 is 2.47 bits per heavy atom. The minimum atomic E-state index is -0.650. The van der Waals surface area contributed by atoms with Crippen molar-refractivity contribution in [2.45, 2.75) is 45.6 Å². The molecule has 1 fully saturated rings. The molecule has 2 aromatic carbocycles. The number of amides is 1. The number of nitrogens with two attached hydrogens (primary N) is 1. The summed E-state index contributed by atoms with van der Waals surface area (Å²) in [4.78, 5) is 27.1. The maximum absolute atomic E-state index is 13.8. The van der Waals surface area contributed by atoms with E-state index in [2.05, 4.69) is 10.2 Å². The predicted molar refractivity (Wildman–Crippen MR) is 116 cm³/mol. The number of esters is 1. The van der Waals surface area contributed by atoms with Crippen LogP contribution in [-0.4, -0.2) is 30.6 Å². The molecule has 0 unspecified atom stereocenters. The first kappa shape index (κ1) is 21.6. The van der Waals surface area contributed by atoms with E-state index in [0.717, 1.165) is 31.6 Å². The highest BCUT2D eigenvalue weighted by Gasteiger charge is 2.20. The zero-order valence-corrected chi connectivity index (χ0v) is 17.6. The summed E-state index contributed by atoms with van der Waals surface area (Å²) < 4.78 is 19.1. The molecule has 1 heterocycles. The maximum Gasteiger partial charge on any atom is 0.310 e. The number of carbonyl (C=O) groups is 2. The summed E-state index contributed by atoms with van der Waals surface area (Å²) in [5.74, 6) is -1.37. The second-order valence-corrected chi connectivity index (χ2v) is 8.49. The number of carbonyl (C=O) groups excluding carboxylic acids is 2. The summed E-state index contributed by atoms with van der Waals surface area (Å²) >= 11 is 0. The van der Waals surface area contributed by atoms with Crippen molar-refractivity contribution in [2.75, 3.05) is 29.0 Å². The van der Waals surface area contributed by atoms with Gasteiger partial charge >= 0.3 is 5.97 Å². The predicted octanol–water partition coefficient (Wildman–Crippen LogP) is 4.14. The number of nitrogens with one attached hydrogen (secondary N) is 1. The molecule has 0 radical (unpaired) electrons. The van der Waals surface area contributed by atoms with Gasteiger partial charge in [0.2, 0.25) is 0 Å². The fourth-order valence-electron chi connectivity index (χ4n) is 3.50. The molecule has 1 aliphatic rings. The second kappa shape index (κ2) is 8.73. The molecular weight excluding hydrogens is 385 g/mol. The molecule has 30 heavy (non-hydrogen) atoms. The molecule has 0 aliphatic carbocycles. The van der Waals surface area contributed by atoms with Crippen LogP contribution in [0.15, 0.2) is 36.4 Å². The third-order valence-electron chi connectivity index (χ3n) is 4.81. The van der Waals surface area contributed by atoms with Crippen LogP contribution in [0.3, 0.4) is 0 Å². The number of nitrogen functional groups attached to an aromatic ring is 1. The van der Waals surface area contributed by atoms with Crippen LogP contribution in [0.1, 0.15) is 49.5 Å². The van der Waals surface area contributed by atoms with Crippen molar-refractivity contribution < 1.29 is 18.7 Å². The van der Waals surface area contributed by atoms with Crippen molar-refractivity contribution in [1.29, 1.82) is 0 Å². The van der Waals surface area contributed by atoms with Gasteiger partial charge in [0.25, 0.3) is 5.91 Å². The van der Waals surface area contributed by atoms with E-state index in [1.807, 2.05) is 6.07 Å². The number of nitrogens with zero attached hydrogens (tertiary/aromatic N) is 1. The fourth-order valence-corrected chi connectivity index (χ4v) is 3.50. The Bertz CT molecular complexity index is 947. The zero-order valence-electron chi connectivity index (χ0n) is 17.6. The number of hydrogen-bond acceptors (Lipinski definition) is 5. The number of rotatable bonds is 5. The topological polar surface area (TPSA) is 84.7 Å². The third-order valence-corrected chi connectivity index (χ3v) is 4.81. The van der Waals surface area contributed by atoms with Crippen molar-refractivity contribution in [3.63, 3.8) is 0 Å². The van der Waals surface area contributed by atoms with Crippen molar-refractivity contribution in [3.05, 3.63) is 53.3 Å². The monoisotopic (exact) mass is 413 g/mol. The van der Waals surface area contributed by atoms with E-state index in [4.69, 9.17) is 10.5 Å². The first-order chi connectivity index (χ1) is 14.1. The van der Waals surface area contributed by atoms with Gasteiger partial charge in [0.15, 0.2) is 0 Å². The molecule has 0 atom stereocenters. The van der Waals surface area contributed by atoms with Crippen LogP contribution in [0.25, 0.3) is 0 Å². The number of halogens is 1. The Labute approximate surface area is 176 Å². The number of ether oxygens (including phenoxy) is 1. The molecule has 0 aromatic heterocycles. The van der Waals surface area contributed by atoms with Crippen molar-refractivity contribution in [3.8, 4) is 0 Å². The Morgan fingerprint density at radius 1 is 1.13 bits per heavy atom. The summed E-state index contributed by atoms with van der Waals surface area (Å²) in [5, 5.41) is 2.76. The molecule has 0 spiro atoms. The summed E-state index contributed by atoms with van der Waals surface area (Å²) in [5.41, 5.74) is 8.08. The average Bonchev–Trinajstić information content (AvgIpc) is 3.16. The smallest absolute Gasteiger partial charge is 0.310 e. The molecule has 1 aliphatic heterocycles. The standard InChI is InChI=1S/C23H28FN3O3/c1-23(2,3)30-21(28)14-16-12-17(24)7-8-19(16)26-22(29)15-6-9-20(18(25)13-15)27-10-4-5-11-27/h6-9,12-13H,4-5,10-11,14,25H2,1-3H3,(H,26,29). The van der Waals surface area contributed by atoms with Gasteiger partial charge in [-0.05, 0) is 75.6 Å². The van der Waals surface area contributed by atoms with E-state index in [1.54, 1.807) is 32.9 Å². The van der Waals surface area contributed by atoms with Gasteiger partial charge in [0.05, 0.1) is 17.8 Å². The lowest BCUT2D eigenvalue weighted by Gasteiger charge is -2.21. The van der Waals surface area contributed by atoms with Gasteiger partial charge in [-0.25, -0.2) is 4.39 Å². The molecule has 1 amide bonds. The molecule has 3 rings (SSSR count). The minimum absolute atomic E-state index is 0.152. The quantitative estimate of drug-likeness (QED) is 0.568. The minimum Gasteiger partial charge on any atom is -0.460 e. The first-order valence-electron chi connectivity index (χ1n) is 10.1. The molecule has 1 saturated heterocycles. The van der Waals surface area contributed by atoms with Crippen molar-refractivity contribution in [1.82, 2.24) is 0 Å². The zero-order chi connectivity index (χ0) is 21.9. The highest BCUT2D eigenvalue weighted by atomic mass is 19.1. The summed E-state index contributed by atoms with van der Waals surface area (Å²) in [6.07, 6.45) is 2.11. The van der Waals surface area contributed by atoms with Gasteiger partial charge in [0.1, 0.15) is 11.4 Å². The largest absolute Gasteiger partial charge is 0.460 e. The van der Waals surface area contributed by atoms with E-state index in [1.165, 1.54) is 18.2 Å². The van der Waals surface area contributed by atoms with E-state index >= 15 is 0 Å². The van der Waals surface area contributed by atoms with Gasteiger partial charge in [-0.3, -0.25) is 9.59 Å². The number of anilines is 3. The molecule has 3 N–H and O–H groups in total.